The van der Waals surface area contributed by atoms with Gasteiger partial charge in [0, 0.05) is 24.3 Å². The Morgan fingerprint density at radius 2 is 2.12 bits per heavy atom. The molecule has 0 spiro atoms. The molecule has 3 aliphatic rings. The van der Waals surface area contributed by atoms with Crippen molar-refractivity contribution in [2.45, 2.75) is 51.4 Å². The van der Waals surface area contributed by atoms with E-state index in [4.69, 9.17) is 37.0 Å². The van der Waals surface area contributed by atoms with Gasteiger partial charge in [-0.2, -0.15) is 0 Å². The number of thiocarbonyl (C=S) groups is 1. The molecule has 0 radical (unpaired) electrons. The zero-order valence-corrected chi connectivity index (χ0v) is 25.2. The van der Waals surface area contributed by atoms with Crippen molar-refractivity contribution in [2.24, 2.45) is 16.5 Å². The number of rotatable bonds is 9. The molecule has 3 N–H and O–H groups in total. The zero-order valence-electron chi connectivity index (χ0n) is 22.8. The van der Waals surface area contributed by atoms with E-state index in [-0.39, 0.29) is 34.3 Å². The normalized spacial score (nSPS) is 23.2. The summed E-state index contributed by atoms with van der Waals surface area (Å²) < 4.78 is 16.6. The van der Waals surface area contributed by atoms with Crippen molar-refractivity contribution < 1.29 is 33.4 Å². The van der Waals surface area contributed by atoms with Crippen molar-refractivity contribution in [1.29, 1.82) is 0 Å². The number of anilines is 1. The number of fused-ring (bicyclic) bond motifs is 1. The van der Waals surface area contributed by atoms with Crippen LogP contribution in [0.2, 0.25) is 0 Å². The minimum atomic E-state index is -0.827. The molecule has 1 aromatic rings. The van der Waals surface area contributed by atoms with Crippen molar-refractivity contribution >= 4 is 69.0 Å². The number of hydrogen-bond acceptors (Lipinski definition) is 13. The van der Waals surface area contributed by atoms with E-state index in [1.807, 2.05) is 0 Å². The highest BCUT2D eigenvalue weighted by atomic mass is 32.2. The Morgan fingerprint density at radius 3 is 2.75 bits per heavy atom. The average Bonchev–Trinajstić information content (AvgIpc) is 3.35. The summed E-state index contributed by atoms with van der Waals surface area (Å²) in [5, 5.41) is 8.05. The molecule has 2 unspecified atom stereocenters. The van der Waals surface area contributed by atoms with Gasteiger partial charge in [-0.1, -0.05) is 5.16 Å². The molecule has 0 aliphatic carbocycles. The van der Waals surface area contributed by atoms with Crippen LogP contribution in [-0.2, 0) is 33.4 Å². The van der Waals surface area contributed by atoms with Gasteiger partial charge >= 0.3 is 5.97 Å². The number of amides is 2. The van der Waals surface area contributed by atoms with Gasteiger partial charge in [0.05, 0.1) is 11.1 Å². The molecular formula is C25H33N5O7S3. The fourth-order valence-electron chi connectivity index (χ4n) is 4.47. The first kappa shape index (κ1) is 30.2. The second-order valence-corrected chi connectivity index (χ2v) is 12.9. The molecule has 0 saturated carbocycles. The first-order valence-electron chi connectivity index (χ1n) is 12.7. The van der Waals surface area contributed by atoms with E-state index in [0.29, 0.717) is 30.4 Å². The predicted octanol–water partition coefficient (Wildman–Crippen LogP) is 2.44. The van der Waals surface area contributed by atoms with Crippen molar-refractivity contribution in [3.63, 3.8) is 0 Å². The summed E-state index contributed by atoms with van der Waals surface area (Å²) in [5.74, 6) is -0.513. The Balaban J connectivity index is 1.50. The minimum absolute atomic E-state index is 0.0662. The number of hydrogen-bond donors (Lipinski definition) is 2. The smallest absolute Gasteiger partial charge is 0.314 e. The number of carbonyl (C=O) groups is 3. The Labute approximate surface area is 246 Å². The topological polar surface area (TPSA) is 155 Å². The lowest BCUT2D eigenvalue weighted by molar-refractivity contribution is -0.160. The third-order valence-electron chi connectivity index (χ3n) is 6.47. The average molecular weight is 612 g/mol. The van der Waals surface area contributed by atoms with E-state index >= 15 is 0 Å². The highest BCUT2D eigenvalue weighted by Gasteiger charge is 2.54. The van der Waals surface area contributed by atoms with E-state index in [9.17, 15) is 14.4 Å². The summed E-state index contributed by atoms with van der Waals surface area (Å²) in [6, 6.07) is -0.827. The molecule has 218 valence electrons. The molecule has 4 rings (SSSR count). The van der Waals surface area contributed by atoms with E-state index in [0.717, 1.165) is 36.4 Å². The molecule has 0 aromatic carbocycles. The highest BCUT2D eigenvalue weighted by molar-refractivity contribution is 8.00. The standard InChI is InChI=1S/C25H33N5O7S3/c1-25(2,3)23(33)37-12-36-22(38)18-14(8-13-6-5-7-35-9-13)10-39-21-17(20(32)30(18)21)28-19(31)16(29-34-4)15-11-40-24(26)27-15/h11,13,17,21H,5-10,12H2,1-4H3,(H2,26,27)(H,28,31)/b29-16-/t13?,17?,21-/m1/s1. The van der Waals surface area contributed by atoms with Crippen LogP contribution in [0.5, 0.6) is 0 Å². The predicted molar refractivity (Wildman–Crippen MR) is 154 cm³/mol. The van der Waals surface area contributed by atoms with Crippen molar-refractivity contribution in [2.75, 3.05) is 38.6 Å². The van der Waals surface area contributed by atoms with Crippen LogP contribution in [0, 0.1) is 11.3 Å². The second kappa shape index (κ2) is 12.8. The van der Waals surface area contributed by atoms with Gasteiger partial charge in [-0.05, 0) is 63.7 Å². The van der Waals surface area contributed by atoms with Gasteiger partial charge in [-0.3, -0.25) is 19.3 Å². The zero-order chi connectivity index (χ0) is 29.0. The van der Waals surface area contributed by atoms with Crippen molar-refractivity contribution in [3.05, 3.63) is 22.3 Å². The minimum Gasteiger partial charge on any atom is -0.445 e. The third kappa shape index (κ3) is 6.75. The van der Waals surface area contributed by atoms with Crippen LogP contribution in [0.15, 0.2) is 21.8 Å². The number of nitrogens with zero attached hydrogens (tertiary/aromatic N) is 3. The van der Waals surface area contributed by atoms with Gasteiger partial charge < -0.3 is 30.1 Å². The molecular weight excluding hydrogens is 579 g/mol. The molecule has 3 atom stereocenters. The Kier molecular flexibility index (Phi) is 9.69. The largest absolute Gasteiger partial charge is 0.445 e. The number of nitrogens with one attached hydrogen (secondary N) is 1. The molecule has 2 fully saturated rings. The first-order chi connectivity index (χ1) is 19.0. The SMILES string of the molecule is CO/N=C(\C(=O)NC1C(=O)N2C(C(=S)OCOC(=O)C(C)(C)C)=C(CC3CCCOC3)CS[C@H]12)c1csc(N)n1. The van der Waals surface area contributed by atoms with Crippen LogP contribution in [0.4, 0.5) is 5.13 Å². The van der Waals surface area contributed by atoms with Crippen LogP contribution in [0.1, 0.15) is 45.7 Å². The lowest BCUT2D eigenvalue weighted by Gasteiger charge is -2.50. The monoisotopic (exact) mass is 611 g/mol. The number of thioether (sulfide) groups is 1. The molecule has 40 heavy (non-hydrogen) atoms. The van der Waals surface area contributed by atoms with E-state index in [1.165, 1.54) is 18.9 Å². The maximum atomic E-state index is 13.5. The number of ether oxygens (including phenoxy) is 3. The van der Waals surface area contributed by atoms with Crippen LogP contribution in [0.25, 0.3) is 0 Å². The summed E-state index contributed by atoms with van der Waals surface area (Å²) in [4.78, 5) is 49.2. The first-order valence-corrected chi connectivity index (χ1v) is 15.1. The van der Waals surface area contributed by atoms with E-state index < -0.39 is 28.7 Å². The van der Waals surface area contributed by atoms with Crippen LogP contribution in [0.3, 0.4) is 0 Å². The number of nitrogen functional groups attached to an aromatic ring is 1. The number of nitrogens with two attached hydrogens (primary N) is 1. The number of esters is 1. The number of oxime groups is 1. The van der Waals surface area contributed by atoms with Crippen molar-refractivity contribution in [1.82, 2.24) is 15.2 Å². The highest BCUT2D eigenvalue weighted by Crippen LogP contribution is 2.43. The molecule has 12 nitrogen and oxygen atoms in total. The summed E-state index contributed by atoms with van der Waals surface area (Å²) in [6.45, 7) is 6.23. The van der Waals surface area contributed by atoms with Crippen LogP contribution >= 0.6 is 35.3 Å². The number of thiazole rings is 1. The molecule has 2 amide bonds. The lowest BCUT2D eigenvalue weighted by Crippen LogP contribution is -2.71. The fraction of sp³-hybridized carbons (Fsp3) is 0.600. The van der Waals surface area contributed by atoms with Gasteiger partial charge in [-0.15, -0.1) is 23.1 Å². The van der Waals surface area contributed by atoms with E-state index in [1.54, 1.807) is 31.1 Å². The number of aromatic nitrogens is 1. The quantitative estimate of drug-likeness (QED) is 0.106. The molecule has 2 saturated heterocycles. The third-order valence-corrected chi connectivity index (χ3v) is 8.80. The maximum Gasteiger partial charge on any atom is 0.314 e. The Hall–Kier alpha value is -2.75. The molecule has 1 aromatic heterocycles. The molecule has 0 bridgehead atoms. The van der Waals surface area contributed by atoms with Crippen LogP contribution < -0.4 is 11.1 Å². The summed E-state index contributed by atoms with van der Waals surface area (Å²) >= 11 is 8.29. The fourth-order valence-corrected chi connectivity index (χ4v) is 6.67. The second-order valence-electron chi connectivity index (χ2n) is 10.5. The summed E-state index contributed by atoms with van der Waals surface area (Å²) in [7, 11) is 1.31. The molecule has 15 heteroatoms. The number of carbonyl (C=O) groups excluding carboxylic acids is 3. The molecule has 3 aliphatic heterocycles. The van der Waals surface area contributed by atoms with Crippen molar-refractivity contribution in [3.8, 4) is 0 Å². The van der Waals surface area contributed by atoms with Gasteiger partial charge in [0.2, 0.25) is 11.8 Å². The lowest BCUT2D eigenvalue weighted by atomic mass is 9.92. The van der Waals surface area contributed by atoms with Gasteiger partial charge in [-0.25, -0.2) is 4.98 Å². The summed E-state index contributed by atoms with van der Waals surface area (Å²) in [5.41, 5.74) is 6.62. The maximum absolute atomic E-state index is 13.5. The summed E-state index contributed by atoms with van der Waals surface area (Å²) in [6.07, 6.45) is 2.67. The number of β-lactam (4-membered cyclic amide) rings is 1. The Bertz CT molecular complexity index is 1220. The Morgan fingerprint density at radius 1 is 1.35 bits per heavy atom. The van der Waals surface area contributed by atoms with Gasteiger partial charge in [0.15, 0.2) is 10.8 Å². The van der Waals surface area contributed by atoms with Gasteiger partial charge in [0.25, 0.3) is 11.8 Å². The van der Waals surface area contributed by atoms with Gasteiger partial charge in [0.1, 0.15) is 24.2 Å². The molecule has 4 heterocycles. The van der Waals surface area contributed by atoms with E-state index in [2.05, 4.69) is 15.5 Å². The van der Waals surface area contributed by atoms with Crippen LogP contribution in [-0.4, -0.2) is 82.7 Å².